The van der Waals surface area contributed by atoms with Gasteiger partial charge in [-0.2, -0.15) is 0 Å². The molecule has 5 nitrogen and oxygen atoms in total. The van der Waals surface area contributed by atoms with Crippen molar-refractivity contribution >= 4 is 17.0 Å². The molecule has 1 fully saturated rings. The first-order valence-electron chi connectivity index (χ1n) is 7.82. The van der Waals surface area contributed by atoms with Crippen molar-refractivity contribution in [1.29, 1.82) is 0 Å². The molecule has 1 saturated heterocycles. The predicted molar refractivity (Wildman–Crippen MR) is 85.6 cm³/mol. The van der Waals surface area contributed by atoms with Gasteiger partial charge in [0.15, 0.2) is 0 Å². The first kappa shape index (κ1) is 14.2. The molecule has 0 spiro atoms. The largest absolute Gasteiger partial charge is 0.492 e. The molecule has 1 aromatic heterocycles. The van der Waals surface area contributed by atoms with Crippen molar-refractivity contribution in [1.82, 2.24) is 14.5 Å². The molecular weight excluding hydrogens is 264 g/mol. The Labute approximate surface area is 125 Å². The summed E-state index contributed by atoms with van der Waals surface area (Å²) < 4.78 is 7.76. The molecule has 2 aromatic rings. The van der Waals surface area contributed by atoms with Crippen LogP contribution in [0.5, 0.6) is 5.75 Å². The number of imidazole rings is 1. The Balaban J connectivity index is 1.91. The van der Waals surface area contributed by atoms with Gasteiger partial charge in [-0.1, -0.05) is 6.07 Å². The Kier molecular flexibility index (Phi) is 4.01. The fraction of sp³-hybridized carbons (Fsp3) is 0.562. The molecular formula is C16H24N4O. The van der Waals surface area contributed by atoms with Crippen LogP contribution < -0.4 is 10.5 Å². The SMILES string of the molecule is CCOc1cccc2c1nc(N)n2CC(C)N1CCCC1. The summed E-state index contributed by atoms with van der Waals surface area (Å²) in [6, 6.07) is 6.50. The normalized spacial score (nSPS) is 17.4. The van der Waals surface area contributed by atoms with Crippen molar-refractivity contribution in [2.75, 3.05) is 25.4 Å². The highest BCUT2D eigenvalue weighted by atomic mass is 16.5. The standard InChI is InChI=1S/C16H24N4O/c1-3-21-14-8-6-7-13-15(14)18-16(17)20(13)11-12(2)19-9-4-5-10-19/h6-8,12H,3-5,9-11H2,1-2H3,(H2,17,18). The van der Waals surface area contributed by atoms with Gasteiger partial charge in [0.25, 0.3) is 0 Å². The topological polar surface area (TPSA) is 56.3 Å². The Bertz CT molecular complexity index is 616. The van der Waals surface area contributed by atoms with E-state index in [0.717, 1.165) is 23.3 Å². The highest BCUT2D eigenvalue weighted by Gasteiger charge is 2.20. The number of ether oxygens (including phenoxy) is 1. The molecule has 0 radical (unpaired) electrons. The van der Waals surface area contributed by atoms with E-state index in [-0.39, 0.29) is 0 Å². The van der Waals surface area contributed by atoms with E-state index in [0.29, 0.717) is 18.6 Å². The smallest absolute Gasteiger partial charge is 0.201 e. The lowest BCUT2D eigenvalue weighted by molar-refractivity contribution is 0.238. The number of rotatable bonds is 5. The second-order valence-corrected chi connectivity index (χ2v) is 5.73. The van der Waals surface area contributed by atoms with E-state index in [4.69, 9.17) is 10.5 Å². The van der Waals surface area contributed by atoms with Crippen LogP contribution in [0.25, 0.3) is 11.0 Å². The number of para-hydroxylation sites is 1. The fourth-order valence-corrected chi connectivity index (χ4v) is 3.17. The first-order valence-corrected chi connectivity index (χ1v) is 7.82. The molecule has 1 atom stereocenters. The Hall–Kier alpha value is -1.75. The molecule has 0 bridgehead atoms. The lowest BCUT2D eigenvalue weighted by Crippen LogP contribution is -2.33. The van der Waals surface area contributed by atoms with Crippen molar-refractivity contribution < 1.29 is 4.74 Å². The molecule has 2 heterocycles. The third kappa shape index (κ3) is 2.70. The summed E-state index contributed by atoms with van der Waals surface area (Å²) in [5.74, 6) is 1.39. The van der Waals surface area contributed by atoms with Crippen LogP contribution in [0.1, 0.15) is 26.7 Å². The maximum atomic E-state index is 6.14. The molecule has 1 aliphatic heterocycles. The van der Waals surface area contributed by atoms with Gasteiger partial charge in [-0.05, 0) is 51.9 Å². The van der Waals surface area contributed by atoms with Crippen LogP contribution in [0.15, 0.2) is 18.2 Å². The van der Waals surface area contributed by atoms with E-state index in [1.54, 1.807) is 0 Å². The zero-order chi connectivity index (χ0) is 14.8. The molecule has 0 amide bonds. The molecule has 2 N–H and O–H groups in total. The minimum atomic E-state index is 0.475. The number of nitrogen functional groups attached to an aromatic ring is 1. The number of benzene rings is 1. The van der Waals surface area contributed by atoms with Crippen molar-refractivity contribution in [2.24, 2.45) is 0 Å². The molecule has 1 aliphatic rings. The third-order valence-corrected chi connectivity index (χ3v) is 4.28. The third-order valence-electron chi connectivity index (χ3n) is 4.28. The average molecular weight is 288 g/mol. The van der Waals surface area contributed by atoms with Gasteiger partial charge in [0.05, 0.1) is 12.1 Å². The number of nitrogens with two attached hydrogens (primary N) is 1. The number of hydrogen-bond acceptors (Lipinski definition) is 4. The van der Waals surface area contributed by atoms with Crippen LogP contribution in [-0.2, 0) is 6.54 Å². The van der Waals surface area contributed by atoms with Gasteiger partial charge in [0.2, 0.25) is 5.95 Å². The Morgan fingerprint density at radius 2 is 2.10 bits per heavy atom. The van der Waals surface area contributed by atoms with Gasteiger partial charge in [0, 0.05) is 12.6 Å². The molecule has 21 heavy (non-hydrogen) atoms. The van der Waals surface area contributed by atoms with Crippen molar-refractivity contribution in [2.45, 2.75) is 39.3 Å². The maximum Gasteiger partial charge on any atom is 0.201 e. The highest BCUT2D eigenvalue weighted by molar-refractivity contribution is 5.84. The van der Waals surface area contributed by atoms with Crippen LogP contribution in [-0.4, -0.2) is 40.2 Å². The van der Waals surface area contributed by atoms with Crippen LogP contribution in [0.4, 0.5) is 5.95 Å². The minimum absolute atomic E-state index is 0.475. The quantitative estimate of drug-likeness (QED) is 0.918. The summed E-state index contributed by atoms with van der Waals surface area (Å²) in [6.07, 6.45) is 2.61. The molecule has 0 aliphatic carbocycles. The van der Waals surface area contributed by atoms with Gasteiger partial charge in [-0.25, -0.2) is 4.98 Å². The van der Waals surface area contributed by atoms with Gasteiger partial charge in [0.1, 0.15) is 11.3 Å². The number of nitrogens with zero attached hydrogens (tertiary/aromatic N) is 3. The number of fused-ring (bicyclic) bond motifs is 1. The summed E-state index contributed by atoms with van der Waals surface area (Å²) in [5.41, 5.74) is 8.07. The molecule has 1 unspecified atom stereocenters. The van der Waals surface area contributed by atoms with Crippen molar-refractivity contribution in [3.63, 3.8) is 0 Å². The maximum absolute atomic E-state index is 6.14. The van der Waals surface area contributed by atoms with Crippen molar-refractivity contribution in [3.05, 3.63) is 18.2 Å². The lowest BCUT2D eigenvalue weighted by Gasteiger charge is -2.24. The van der Waals surface area contributed by atoms with Crippen LogP contribution in [0, 0.1) is 0 Å². The summed E-state index contributed by atoms with van der Waals surface area (Å²) in [6.45, 7) is 8.14. The van der Waals surface area contributed by atoms with Gasteiger partial charge < -0.3 is 15.0 Å². The van der Waals surface area contributed by atoms with Crippen LogP contribution >= 0.6 is 0 Å². The highest BCUT2D eigenvalue weighted by Crippen LogP contribution is 2.28. The minimum Gasteiger partial charge on any atom is -0.492 e. The van der Waals surface area contributed by atoms with E-state index in [1.165, 1.54) is 25.9 Å². The first-order chi connectivity index (χ1) is 10.2. The van der Waals surface area contributed by atoms with Gasteiger partial charge in [-0.3, -0.25) is 4.90 Å². The Morgan fingerprint density at radius 3 is 2.81 bits per heavy atom. The zero-order valence-electron chi connectivity index (χ0n) is 12.9. The average Bonchev–Trinajstić information content (AvgIpc) is 3.09. The zero-order valence-corrected chi connectivity index (χ0v) is 12.9. The number of likely N-dealkylation sites (tertiary alicyclic amines) is 1. The van der Waals surface area contributed by atoms with E-state index >= 15 is 0 Å². The summed E-state index contributed by atoms with van der Waals surface area (Å²) in [7, 11) is 0. The second kappa shape index (κ2) is 5.93. The van der Waals surface area contributed by atoms with Crippen LogP contribution in [0.2, 0.25) is 0 Å². The molecule has 1 aromatic carbocycles. The van der Waals surface area contributed by atoms with E-state index in [1.807, 2.05) is 19.1 Å². The van der Waals surface area contributed by atoms with E-state index in [9.17, 15) is 0 Å². The Morgan fingerprint density at radius 1 is 1.33 bits per heavy atom. The van der Waals surface area contributed by atoms with Gasteiger partial charge in [-0.15, -0.1) is 0 Å². The summed E-state index contributed by atoms with van der Waals surface area (Å²) in [5, 5.41) is 0. The second-order valence-electron chi connectivity index (χ2n) is 5.73. The monoisotopic (exact) mass is 288 g/mol. The molecule has 3 rings (SSSR count). The number of hydrogen-bond donors (Lipinski definition) is 1. The molecule has 5 heteroatoms. The number of aromatic nitrogens is 2. The molecule has 0 saturated carbocycles. The summed E-state index contributed by atoms with van der Waals surface area (Å²) in [4.78, 5) is 7.03. The predicted octanol–water partition coefficient (Wildman–Crippen LogP) is 2.50. The fourth-order valence-electron chi connectivity index (χ4n) is 3.17. The van der Waals surface area contributed by atoms with Crippen molar-refractivity contribution in [3.8, 4) is 5.75 Å². The van der Waals surface area contributed by atoms with Crippen LogP contribution in [0.3, 0.4) is 0 Å². The lowest BCUT2D eigenvalue weighted by atomic mass is 10.2. The van der Waals surface area contributed by atoms with Gasteiger partial charge >= 0.3 is 0 Å². The molecule has 114 valence electrons. The van der Waals surface area contributed by atoms with E-state index < -0.39 is 0 Å². The van der Waals surface area contributed by atoms with E-state index in [2.05, 4.69) is 27.4 Å². The number of anilines is 1. The summed E-state index contributed by atoms with van der Waals surface area (Å²) >= 11 is 0.